The molecular weight excluding hydrogens is 320 g/mol. The van der Waals surface area contributed by atoms with Crippen LogP contribution >= 0.6 is 0 Å². The lowest BCUT2D eigenvalue weighted by molar-refractivity contribution is -0.137. The molecule has 0 spiro atoms. The second-order valence-corrected chi connectivity index (χ2v) is 5.54. The number of carboxylic acid groups (broad SMARTS) is 1. The monoisotopic (exact) mass is 340 g/mol. The lowest BCUT2D eigenvalue weighted by atomic mass is 10.1. The predicted molar refractivity (Wildman–Crippen MR) is 93.3 cm³/mol. The van der Waals surface area contributed by atoms with Crippen molar-refractivity contribution in [2.45, 2.75) is 18.9 Å². The fourth-order valence-corrected chi connectivity index (χ4v) is 2.29. The van der Waals surface area contributed by atoms with E-state index in [1.807, 2.05) is 6.07 Å². The number of carboxylic acids is 1. The Balaban J connectivity index is 1.96. The molecule has 6 nitrogen and oxygen atoms in total. The molecule has 0 heterocycles. The summed E-state index contributed by atoms with van der Waals surface area (Å²) < 4.78 is 0. The number of nitrogens with one attached hydrogen (secondary N) is 2. The number of carbonyl (C=O) groups excluding carboxylic acids is 2. The summed E-state index contributed by atoms with van der Waals surface area (Å²) in [5, 5.41) is 14.4. The van der Waals surface area contributed by atoms with Gasteiger partial charge in [0.05, 0.1) is 0 Å². The zero-order valence-corrected chi connectivity index (χ0v) is 13.6. The average Bonchev–Trinajstić information content (AvgIpc) is 2.64. The van der Waals surface area contributed by atoms with Gasteiger partial charge in [-0.15, -0.1) is 0 Å². The van der Waals surface area contributed by atoms with Crippen molar-refractivity contribution in [3.8, 4) is 0 Å². The third kappa shape index (κ3) is 6.10. The van der Waals surface area contributed by atoms with Crippen molar-refractivity contribution >= 4 is 17.8 Å². The van der Waals surface area contributed by atoms with Crippen molar-refractivity contribution in [3.05, 3.63) is 71.8 Å². The second-order valence-electron chi connectivity index (χ2n) is 5.54. The molecule has 6 heteroatoms. The maximum absolute atomic E-state index is 12.2. The average molecular weight is 340 g/mol. The molecule has 3 N–H and O–H groups in total. The van der Waals surface area contributed by atoms with Gasteiger partial charge in [0.2, 0.25) is 0 Å². The number of aliphatic carboxylic acids is 1. The van der Waals surface area contributed by atoms with Crippen molar-refractivity contribution < 1.29 is 19.5 Å². The van der Waals surface area contributed by atoms with E-state index in [0.29, 0.717) is 11.1 Å². The minimum absolute atomic E-state index is 0.0963. The SMILES string of the molecule is O=C(O)CCC(CNC(=O)c1ccccc1)NC(=O)c1ccccc1. The molecular formula is C19H20N2O4. The highest BCUT2D eigenvalue weighted by molar-refractivity contribution is 5.95. The highest BCUT2D eigenvalue weighted by Crippen LogP contribution is 2.03. The van der Waals surface area contributed by atoms with E-state index in [-0.39, 0.29) is 31.2 Å². The Hall–Kier alpha value is -3.15. The molecule has 0 saturated carbocycles. The van der Waals surface area contributed by atoms with E-state index in [0.717, 1.165) is 0 Å². The van der Waals surface area contributed by atoms with Crippen molar-refractivity contribution in [1.29, 1.82) is 0 Å². The highest BCUT2D eigenvalue weighted by atomic mass is 16.4. The van der Waals surface area contributed by atoms with Gasteiger partial charge in [0, 0.05) is 30.1 Å². The van der Waals surface area contributed by atoms with Crippen molar-refractivity contribution in [2.24, 2.45) is 0 Å². The minimum Gasteiger partial charge on any atom is -0.481 e. The standard InChI is InChI=1S/C19H20N2O4/c22-17(23)12-11-16(21-19(25)15-9-5-2-6-10-15)13-20-18(24)14-7-3-1-4-8-14/h1-10,16H,11-13H2,(H,20,24)(H,21,25)(H,22,23). The zero-order chi connectivity index (χ0) is 18.1. The van der Waals surface area contributed by atoms with Crippen LogP contribution in [-0.2, 0) is 4.79 Å². The third-order valence-corrected chi connectivity index (χ3v) is 3.62. The first-order valence-electron chi connectivity index (χ1n) is 7.97. The van der Waals surface area contributed by atoms with Crippen LogP contribution in [0.2, 0.25) is 0 Å². The maximum atomic E-state index is 12.2. The van der Waals surface area contributed by atoms with Crippen molar-refractivity contribution in [3.63, 3.8) is 0 Å². The van der Waals surface area contributed by atoms with Crippen LogP contribution in [0, 0.1) is 0 Å². The Morgan fingerprint density at radius 1 is 0.840 bits per heavy atom. The van der Waals surface area contributed by atoms with Crippen LogP contribution in [0.25, 0.3) is 0 Å². The molecule has 130 valence electrons. The Morgan fingerprint density at radius 3 is 1.88 bits per heavy atom. The van der Waals surface area contributed by atoms with Crippen LogP contribution in [0.15, 0.2) is 60.7 Å². The van der Waals surface area contributed by atoms with Gasteiger partial charge in [-0.05, 0) is 30.7 Å². The Labute approximate surface area is 145 Å². The Morgan fingerprint density at radius 2 is 1.36 bits per heavy atom. The summed E-state index contributed by atoms with van der Waals surface area (Å²) >= 11 is 0. The number of rotatable bonds is 8. The number of amides is 2. The second kappa shape index (κ2) is 9.22. The normalized spacial score (nSPS) is 11.4. The van der Waals surface area contributed by atoms with E-state index < -0.39 is 12.0 Å². The summed E-state index contributed by atoms with van der Waals surface area (Å²) in [5.74, 6) is -1.52. The summed E-state index contributed by atoms with van der Waals surface area (Å²) in [5.41, 5.74) is 0.992. The van der Waals surface area contributed by atoms with Gasteiger partial charge in [0.1, 0.15) is 0 Å². The molecule has 0 aliphatic heterocycles. The zero-order valence-electron chi connectivity index (χ0n) is 13.6. The number of benzene rings is 2. The Kier molecular flexibility index (Phi) is 6.71. The molecule has 2 aromatic carbocycles. The summed E-state index contributed by atoms with van der Waals surface area (Å²) in [6.45, 7) is 0.152. The Bertz CT molecular complexity index is 717. The third-order valence-electron chi connectivity index (χ3n) is 3.62. The first-order chi connectivity index (χ1) is 12.1. The van der Waals surface area contributed by atoms with E-state index in [1.165, 1.54) is 0 Å². The minimum atomic E-state index is -0.951. The van der Waals surface area contributed by atoms with Gasteiger partial charge in [-0.25, -0.2) is 0 Å². The van der Waals surface area contributed by atoms with E-state index >= 15 is 0 Å². The van der Waals surface area contributed by atoms with Crippen LogP contribution in [-0.4, -0.2) is 35.5 Å². The van der Waals surface area contributed by atoms with Gasteiger partial charge in [0.15, 0.2) is 0 Å². The number of hydrogen-bond donors (Lipinski definition) is 3. The van der Waals surface area contributed by atoms with Gasteiger partial charge in [-0.3, -0.25) is 14.4 Å². The smallest absolute Gasteiger partial charge is 0.303 e. The highest BCUT2D eigenvalue weighted by Gasteiger charge is 2.16. The van der Waals surface area contributed by atoms with Crippen LogP contribution in [0.1, 0.15) is 33.6 Å². The number of hydrogen-bond acceptors (Lipinski definition) is 3. The van der Waals surface area contributed by atoms with Crippen LogP contribution < -0.4 is 10.6 Å². The van der Waals surface area contributed by atoms with Crippen molar-refractivity contribution in [1.82, 2.24) is 10.6 Å². The first kappa shape index (κ1) is 18.2. The van der Waals surface area contributed by atoms with Crippen LogP contribution in [0.4, 0.5) is 0 Å². The summed E-state index contributed by atoms with van der Waals surface area (Å²) in [7, 11) is 0. The molecule has 1 unspecified atom stereocenters. The molecule has 2 aromatic rings. The van der Waals surface area contributed by atoms with Gasteiger partial charge >= 0.3 is 5.97 Å². The maximum Gasteiger partial charge on any atom is 0.303 e. The van der Waals surface area contributed by atoms with Crippen molar-refractivity contribution in [2.75, 3.05) is 6.54 Å². The van der Waals surface area contributed by atoms with E-state index in [9.17, 15) is 14.4 Å². The van der Waals surface area contributed by atoms with Crippen LogP contribution in [0.3, 0.4) is 0 Å². The summed E-state index contributed by atoms with van der Waals surface area (Å²) in [4.78, 5) is 35.2. The molecule has 25 heavy (non-hydrogen) atoms. The summed E-state index contributed by atoms with van der Waals surface area (Å²) in [6.07, 6.45) is 0.129. The van der Waals surface area contributed by atoms with Crippen LogP contribution in [0.5, 0.6) is 0 Å². The molecule has 0 bridgehead atoms. The quantitative estimate of drug-likeness (QED) is 0.685. The lowest BCUT2D eigenvalue weighted by Gasteiger charge is -2.19. The van der Waals surface area contributed by atoms with E-state index in [2.05, 4.69) is 10.6 Å². The molecule has 0 saturated heterocycles. The van der Waals surface area contributed by atoms with Gasteiger partial charge in [-0.2, -0.15) is 0 Å². The molecule has 0 aliphatic carbocycles. The predicted octanol–water partition coefficient (Wildman–Crippen LogP) is 2.08. The van der Waals surface area contributed by atoms with E-state index in [1.54, 1.807) is 54.6 Å². The van der Waals surface area contributed by atoms with Gasteiger partial charge in [0.25, 0.3) is 11.8 Å². The molecule has 2 amide bonds. The largest absolute Gasteiger partial charge is 0.481 e. The molecule has 0 aliphatic rings. The molecule has 0 fully saturated rings. The molecule has 0 radical (unpaired) electrons. The van der Waals surface area contributed by atoms with Gasteiger partial charge < -0.3 is 15.7 Å². The van der Waals surface area contributed by atoms with Gasteiger partial charge in [-0.1, -0.05) is 36.4 Å². The molecule has 1 atom stereocenters. The first-order valence-corrected chi connectivity index (χ1v) is 7.97. The fraction of sp³-hybridized carbons (Fsp3) is 0.211. The fourth-order valence-electron chi connectivity index (χ4n) is 2.29. The number of carbonyl (C=O) groups is 3. The topological polar surface area (TPSA) is 95.5 Å². The lowest BCUT2D eigenvalue weighted by Crippen LogP contribution is -2.44. The van der Waals surface area contributed by atoms with E-state index in [4.69, 9.17) is 5.11 Å². The molecule has 0 aromatic heterocycles. The molecule has 2 rings (SSSR count). The summed E-state index contributed by atoms with van der Waals surface area (Å²) in [6, 6.07) is 16.9.